The molecule has 1 aromatic carbocycles. The van der Waals surface area contributed by atoms with Gasteiger partial charge in [-0.15, -0.1) is 0 Å². The Balaban J connectivity index is 1.90. The highest BCUT2D eigenvalue weighted by Crippen LogP contribution is 2.37. The minimum atomic E-state index is 0.302. The quantitative estimate of drug-likeness (QED) is 0.844. The first-order valence-electron chi connectivity index (χ1n) is 7.15. The zero-order chi connectivity index (χ0) is 14.9. The molecular weight excluding hydrogens is 298 g/mol. The monoisotopic (exact) mass is 317 g/mol. The van der Waals surface area contributed by atoms with Crippen LogP contribution in [0.1, 0.15) is 25.3 Å². The van der Waals surface area contributed by atoms with Crippen molar-refractivity contribution in [2.45, 2.75) is 24.5 Å². The number of benzene rings is 1. The zero-order valence-corrected chi connectivity index (χ0v) is 13.7. The minimum absolute atomic E-state index is 0.302. The van der Waals surface area contributed by atoms with Crippen molar-refractivity contribution in [1.29, 1.82) is 0 Å². The fraction of sp³-hybridized carbons (Fsp3) is 0.375. The Labute approximate surface area is 134 Å². The maximum Gasteiger partial charge on any atom is 0.127 e. The number of thioether (sulfide) groups is 1. The van der Waals surface area contributed by atoms with Crippen LogP contribution >= 0.6 is 24.0 Å². The van der Waals surface area contributed by atoms with E-state index in [-0.39, 0.29) is 0 Å². The van der Waals surface area contributed by atoms with Crippen LogP contribution in [0, 0.1) is 0 Å². The molecule has 0 amide bonds. The number of pyridine rings is 1. The van der Waals surface area contributed by atoms with Gasteiger partial charge in [-0.05, 0) is 37.7 Å². The molecule has 0 spiro atoms. The Hall–Kier alpha value is -1.33. The van der Waals surface area contributed by atoms with Crippen LogP contribution in [0.5, 0.6) is 0 Å². The predicted molar refractivity (Wildman–Crippen MR) is 96.2 cm³/mol. The summed E-state index contributed by atoms with van der Waals surface area (Å²) in [6.45, 7) is 3.23. The first-order chi connectivity index (χ1) is 10.1. The Morgan fingerprint density at radius 1 is 1.48 bits per heavy atom. The number of rotatable bonds is 4. The lowest BCUT2D eigenvalue weighted by atomic mass is 10.1. The summed E-state index contributed by atoms with van der Waals surface area (Å²) in [4.78, 5) is 5.09. The highest BCUT2D eigenvalue weighted by atomic mass is 32.2. The minimum Gasteiger partial charge on any atom is -0.389 e. The second-order valence-corrected chi connectivity index (χ2v) is 7.81. The van der Waals surface area contributed by atoms with Crippen LogP contribution in [-0.4, -0.2) is 27.0 Å². The van der Waals surface area contributed by atoms with Crippen LogP contribution < -0.4 is 11.1 Å². The third-order valence-electron chi connectivity index (χ3n) is 3.93. The first-order valence-corrected chi connectivity index (χ1v) is 8.54. The molecule has 1 unspecified atom stereocenters. The molecule has 5 heteroatoms. The molecule has 0 radical (unpaired) electrons. The SMILES string of the molecule is CC1(CNc2cc(C(N)=S)c3ccccc3n2)CCCS1. The predicted octanol–water partition coefficient (Wildman–Crippen LogP) is 3.57. The molecule has 2 aromatic rings. The largest absolute Gasteiger partial charge is 0.389 e. The highest BCUT2D eigenvalue weighted by molar-refractivity contribution is 8.00. The van der Waals surface area contributed by atoms with E-state index in [0.717, 1.165) is 28.8 Å². The molecular formula is C16H19N3S2. The fourth-order valence-electron chi connectivity index (χ4n) is 2.72. The average molecular weight is 317 g/mol. The van der Waals surface area contributed by atoms with Gasteiger partial charge in [-0.2, -0.15) is 11.8 Å². The molecule has 0 bridgehead atoms. The van der Waals surface area contributed by atoms with E-state index >= 15 is 0 Å². The lowest BCUT2D eigenvalue weighted by Crippen LogP contribution is -2.27. The Morgan fingerprint density at radius 3 is 3.00 bits per heavy atom. The maximum atomic E-state index is 5.86. The summed E-state index contributed by atoms with van der Waals surface area (Å²) in [6, 6.07) is 9.93. The van der Waals surface area contributed by atoms with Crippen molar-refractivity contribution in [3.05, 3.63) is 35.9 Å². The number of fused-ring (bicyclic) bond motifs is 1. The Bertz CT molecular complexity index is 678. The number of hydrogen-bond donors (Lipinski definition) is 2. The summed E-state index contributed by atoms with van der Waals surface area (Å²) in [7, 11) is 0. The van der Waals surface area contributed by atoms with Crippen LogP contribution in [0.4, 0.5) is 5.82 Å². The van der Waals surface area contributed by atoms with Gasteiger partial charge in [0.1, 0.15) is 10.8 Å². The smallest absolute Gasteiger partial charge is 0.127 e. The number of aromatic nitrogens is 1. The molecule has 1 aliphatic rings. The van der Waals surface area contributed by atoms with Gasteiger partial charge in [0, 0.05) is 22.2 Å². The summed E-state index contributed by atoms with van der Waals surface area (Å²) in [5.74, 6) is 2.10. The molecule has 2 heterocycles. The van der Waals surface area contributed by atoms with Crippen LogP contribution in [-0.2, 0) is 0 Å². The molecule has 0 aliphatic carbocycles. The number of nitrogens with one attached hydrogen (secondary N) is 1. The molecule has 3 rings (SSSR count). The Kier molecular flexibility index (Phi) is 4.04. The van der Waals surface area contributed by atoms with E-state index < -0.39 is 0 Å². The molecule has 1 atom stereocenters. The fourth-order valence-corrected chi connectivity index (χ4v) is 4.14. The van der Waals surface area contributed by atoms with Crippen molar-refractivity contribution < 1.29 is 0 Å². The van der Waals surface area contributed by atoms with Gasteiger partial charge in [-0.3, -0.25) is 0 Å². The number of para-hydroxylation sites is 1. The van der Waals surface area contributed by atoms with E-state index in [1.165, 1.54) is 18.6 Å². The second kappa shape index (κ2) is 5.81. The van der Waals surface area contributed by atoms with Gasteiger partial charge < -0.3 is 11.1 Å². The van der Waals surface area contributed by atoms with Crippen LogP contribution in [0.15, 0.2) is 30.3 Å². The second-order valence-electron chi connectivity index (χ2n) is 5.69. The molecule has 0 saturated carbocycles. The Morgan fingerprint density at radius 2 is 2.29 bits per heavy atom. The van der Waals surface area contributed by atoms with E-state index in [1.807, 2.05) is 42.1 Å². The van der Waals surface area contributed by atoms with Crippen molar-refractivity contribution >= 4 is 45.7 Å². The normalized spacial score (nSPS) is 21.6. The third-order valence-corrected chi connectivity index (χ3v) is 5.68. The van der Waals surface area contributed by atoms with E-state index in [9.17, 15) is 0 Å². The van der Waals surface area contributed by atoms with Crippen molar-refractivity contribution in [1.82, 2.24) is 4.98 Å². The number of hydrogen-bond acceptors (Lipinski definition) is 4. The standard InChI is InChI=1S/C16H19N3S2/c1-16(7-4-8-21-16)10-18-14-9-12(15(17)20)11-5-2-3-6-13(11)19-14/h2-3,5-6,9H,4,7-8,10H2,1H3,(H2,17,20)(H,18,19). The van der Waals surface area contributed by atoms with Crippen LogP contribution in [0.3, 0.4) is 0 Å². The van der Waals surface area contributed by atoms with Crippen molar-refractivity contribution in [2.24, 2.45) is 5.73 Å². The topological polar surface area (TPSA) is 50.9 Å². The van der Waals surface area contributed by atoms with Gasteiger partial charge >= 0.3 is 0 Å². The van der Waals surface area contributed by atoms with E-state index in [4.69, 9.17) is 18.0 Å². The van der Waals surface area contributed by atoms with Gasteiger partial charge in [0.2, 0.25) is 0 Å². The van der Waals surface area contributed by atoms with Gasteiger partial charge in [0.05, 0.1) is 5.52 Å². The molecule has 3 N–H and O–H groups in total. The van der Waals surface area contributed by atoms with E-state index in [1.54, 1.807) is 0 Å². The maximum absolute atomic E-state index is 5.86. The lowest BCUT2D eigenvalue weighted by molar-refractivity contribution is 0.634. The summed E-state index contributed by atoms with van der Waals surface area (Å²) in [5, 5.41) is 4.48. The van der Waals surface area contributed by atoms with E-state index in [2.05, 4.69) is 17.2 Å². The molecule has 1 aromatic heterocycles. The zero-order valence-electron chi connectivity index (χ0n) is 12.1. The van der Waals surface area contributed by atoms with Crippen molar-refractivity contribution in [2.75, 3.05) is 17.6 Å². The number of thiocarbonyl (C=S) groups is 1. The summed E-state index contributed by atoms with van der Waals surface area (Å²) in [5.41, 5.74) is 7.68. The molecule has 1 saturated heterocycles. The molecule has 3 nitrogen and oxygen atoms in total. The molecule has 21 heavy (non-hydrogen) atoms. The number of anilines is 1. The lowest BCUT2D eigenvalue weighted by Gasteiger charge is -2.23. The number of nitrogens with two attached hydrogens (primary N) is 1. The molecule has 1 fully saturated rings. The first kappa shape index (κ1) is 14.6. The molecule has 110 valence electrons. The summed E-state index contributed by atoms with van der Waals surface area (Å²) >= 11 is 7.22. The van der Waals surface area contributed by atoms with Crippen LogP contribution in [0.25, 0.3) is 10.9 Å². The van der Waals surface area contributed by atoms with E-state index in [0.29, 0.717) is 9.74 Å². The highest BCUT2D eigenvalue weighted by Gasteiger charge is 2.29. The van der Waals surface area contributed by atoms with Crippen molar-refractivity contribution in [3.8, 4) is 0 Å². The average Bonchev–Trinajstić information content (AvgIpc) is 2.91. The summed E-state index contributed by atoms with van der Waals surface area (Å²) in [6.07, 6.45) is 2.55. The number of nitrogens with zero attached hydrogens (tertiary/aromatic N) is 1. The van der Waals surface area contributed by atoms with Gasteiger partial charge in [0.25, 0.3) is 0 Å². The van der Waals surface area contributed by atoms with Gasteiger partial charge in [-0.25, -0.2) is 4.98 Å². The van der Waals surface area contributed by atoms with Gasteiger partial charge in [-0.1, -0.05) is 30.4 Å². The summed E-state index contributed by atoms with van der Waals surface area (Å²) < 4.78 is 0.302. The van der Waals surface area contributed by atoms with Crippen LogP contribution in [0.2, 0.25) is 0 Å². The third kappa shape index (κ3) is 3.14. The van der Waals surface area contributed by atoms with Crippen molar-refractivity contribution in [3.63, 3.8) is 0 Å². The molecule has 1 aliphatic heterocycles. The van der Waals surface area contributed by atoms with Gasteiger partial charge in [0.15, 0.2) is 0 Å².